The van der Waals surface area contributed by atoms with Crippen molar-refractivity contribution in [3.63, 3.8) is 0 Å². The largest absolute Gasteiger partial charge is 0.480 e. The Morgan fingerprint density at radius 3 is 2.08 bits per heavy atom. The number of pyridine rings is 1. The highest BCUT2D eigenvalue weighted by Crippen LogP contribution is 2.36. The Labute approximate surface area is 312 Å². The third-order valence-corrected chi connectivity index (χ3v) is 13.0. The fraction of sp³-hybridized carbons (Fsp3) is 0.0690. The van der Waals surface area contributed by atoms with E-state index in [9.17, 15) is 38.4 Å². The Balaban J connectivity index is 0.000000199. The Bertz CT molecular complexity index is 2690. The van der Waals surface area contributed by atoms with E-state index in [1.54, 1.807) is 18.2 Å². The number of fused-ring (bicyclic) bond motifs is 2. The molecule has 0 amide bonds. The minimum absolute atomic E-state index is 0.00860. The van der Waals surface area contributed by atoms with Gasteiger partial charge < -0.3 is 9.72 Å². The number of nitrogens with zero attached hydrogens (tertiary/aromatic N) is 1. The van der Waals surface area contributed by atoms with Gasteiger partial charge in [0.15, 0.2) is 21.5 Å². The van der Waals surface area contributed by atoms with Crippen molar-refractivity contribution in [2.45, 2.75) is 14.7 Å². The summed E-state index contributed by atoms with van der Waals surface area (Å²) in [5.41, 5.74) is -0.670. The van der Waals surface area contributed by atoms with E-state index in [0.717, 1.165) is 18.5 Å². The first kappa shape index (κ1) is 38.7. The molecule has 22 heteroatoms. The number of anilines is 2. The van der Waals surface area contributed by atoms with E-state index in [1.807, 2.05) is 4.72 Å². The van der Waals surface area contributed by atoms with Crippen LogP contribution in [0.5, 0.6) is 5.88 Å². The van der Waals surface area contributed by atoms with Crippen LogP contribution in [0.15, 0.2) is 74.8 Å². The van der Waals surface area contributed by atoms with Gasteiger partial charge in [-0.25, -0.2) is 38.4 Å². The maximum Gasteiger partial charge on any atom is 0.264 e. The standard InChI is InChI=1S/C15H10Cl2F2N2O4S2.C14H9Cl2FN2O3S2/c1-26(22,23)15-8(16)3-2-7-13(6-20-14(7)15)27(24,25)21-12-5-10(18)9(17)4-11(12)19;1-22-14-9(16)5-10(17)13(18-14)19-24(20,21)12-6-23-11-4-7(15)2-3-8(11)12/h2-6,20-21H,1H3;2-6H,1H3,(H,18,19). The lowest BCUT2D eigenvalue weighted by Crippen LogP contribution is -2.15. The fourth-order valence-electron chi connectivity index (χ4n) is 4.54. The van der Waals surface area contributed by atoms with Crippen LogP contribution in [0.2, 0.25) is 20.1 Å². The molecule has 270 valence electrons. The average Bonchev–Trinajstić information content (AvgIpc) is 3.66. The molecular weight excluding hydrogens is 843 g/mol. The molecule has 0 aliphatic rings. The van der Waals surface area contributed by atoms with Crippen LogP contribution in [-0.4, -0.2) is 48.6 Å². The first-order valence-corrected chi connectivity index (χ1v) is 20.7. The first-order chi connectivity index (χ1) is 23.7. The van der Waals surface area contributed by atoms with Gasteiger partial charge in [0, 0.05) is 50.5 Å². The molecule has 3 heterocycles. The number of ether oxygens (including phenoxy) is 1. The molecule has 0 spiro atoms. The predicted molar refractivity (Wildman–Crippen MR) is 192 cm³/mol. The van der Waals surface area contributed by atoms with Crippen molar-refractivity contribution in [2.24, 2.45) is 0 Å². The topological polar surface area (TPSA) is 164 Å². The summed E-state index contributed by atoms with van der Waals surface area (Å²) in [6.07, 6.45) is 1.95. The van der Waals surface area contributed by atoms with Gasteiger partial charge >= 0.3 is 0 Å². The van der Waals surface area contributed by atoms with Crippen LogP contribution >= 0.6 is 57.7 Å². The SMILES string of the molecule is COc1nc(NS(=O)(=O)c2csc3cc(Cl)ccc23)c(F)cc1Cl.CS(=O)(=O)c1c(Cl)ccc2c(S(=O)(=O)Nc3cc(F)c(Cl)cc3F)c[nH]c12. The molecule has 0 unspecified atom stereocenters. The highest BCUT2D eigenvalue weighted by Gasteiger charge is 2.26. The van der Waals surface area contributed by atoms with Crippen molar-refractivity contribution in [2.75, 3.05) is 22.8 Å². The molecule has 3 N–H and O–H groups in total. The zero-order valence-corrected chi connectivity index (χ0v) is 31.6. The van der Waals surface area contributed by atoms with Crippen molar-refractivity contribution >= 4 is 120 Å². The van der Waals surface area contributed by atoms with E-state index in [0.29, 0.717) is 27.2 Å². The second kappa shape index (κ2) is 14.5. The van der Waals surface area contributed by atoms with Crippen molar-refractivity contribution < 1.29 is 43.2 Å². The van der Waals surface area contributed by atoms with Crippen molar-refractivity contribution in [1.82, 2.24) is 9.97 Å². The Morgan fingerprint density at radius 2 is 1.41 bits per heavy atom. The number of aromatic nitrogens is 2. The van der Waals surface area contributed by atoms with Gasteiger partial charge in [-0.1, -0.05) is 52.5 Å². The third kappa shape index (κ3) is 8.12. The number of nitrogens with one attached hydrogen (secondary N) is 3. The molecule has 0 aliphatic heterocycles. The average molecular weight is 863 g/mol. The van der Waals surface area contributed by atoms with Crippen LogP contribution in [-0.2, 0) is 29.9 Å². The second-order valence-electron chi connectivity index (χ2n) is 10.2. The van der Waals surface area contributed by atoms with E-state index >= 15 is 0 Å². The first-order valence-electron chi connectivity index (χ1n) is 13.5. The third-order valence-electron chi connectivity index (χ3n) is 6.75. The van der Waals surface area contributed by atoms with E-state index < -0.39 is 63.9 Å². The summed E-state index contributed by atoms with van der Waals surface area (Å²) in [6, 6.07) is 9.52. The van der Waals surface area contributed by atoms with Gasteiger partial charge in [-0.3, -0.25) is 9.44 Å². The zero-order valence-electron chi connectivity index (χ0n) is 25.4. The maximum atomic E-state index is 14.0. The Hall–Kier alpha value is -3.49. The Kier molecular flexibility index (Phi) is 11.0. The normalized spacial score (nSPS) is 12.1. The summed E-state index contributed by atoms with van der Waals surface area (Å²) in [5, 5.41) is 1.80. The van der Waals surface area contributed by atoms with E-state index in [4.69, 9.17) is 51.1 Å². The van der Waals surface area contributed by atoms with Gasteiger partial charge in [-0.05, 0) is 30.3 Å². The van der Waals surface area contributed by atoms with Gasteiger partial charge in [0.1, 0.15) is 31.3 Å². The number of benzene rings is 3. The van der Waals surface area contributed by atoms with Gasteiger partial charge in [-0.2, -0.15) is 4.98 Å². The summed E-state index contributed by atoms with van der Waals surface area (Å²) in [7, 11) is -10.9. The summed E-state index contributed by atoms with van der Waals surface area (Å²) >= 11 is 24.2. The van der Waals surface area contributed by atoms with Gasteiger partial charge in [-0.15, -0.1) is 11.3 Å². The number of sulfone groups is 1. The molecule has 6 rings (SSSR count). The number of hydrogen-bond donors (Lipinski definition) is 3. The molecule has 0 saturated heterocycles. The molecule has 0 aliphatic carbocycles. The zero-order chi connectivity index (χ0) is 37.6. The van der Waals surface area contributed by atoms with Crippen LogP contribution in [0.4, 0.5) is 24.7 Å². The summed E-state index contributed by atoms with van der Waals surface area (Å²) in [5.74, 6) is -3.58. The lowest BCUT2D eigenvalue weighted by molar-refractivity contribution is 0.397. The number of sulfonamides is 2. The van der Waals surface area contributed by atoms with Crippen molar-refractivity contribution in [3.8, 4) is 5.88 Å². The maximum absolute atomic E-state index is 14.0. The number of aromatic amines is 1. The van der Waals surface area contributed by atoms with Crippen LogP contribution < -0.4 is 14.2 Å². The Morgan fingerprint density at radius 1 is 0.765 bits per heavy atom. The lowest BCUT2D eigenvalue weighted by atomic mass is 10.2. The van der Waals surface area contributed by atoms with E-state index in [-0.39, 0.29) is 41.5 Å². The van der Waals surface area contributed by atoms with E-state index in [1.165, 1.54) is 36.0 Å². The number of hydrogen-bond acceptors (Lipinski definition) is 9. The number of methoxy groups -OCH3 is 1. The summed E-state index contributed by atoms with van der Waals surface area (Å²) in [4.78, 5) is 5.67. The molecule has 51 heavy (non-hydrogen) atoms. The van der Waals surface area contributed by atoms with E-state index in [2.05, 4.69) is 14.7 Å². The lowest BCUT2D eigenvalue weighted by Gasteiger charge is -2.10. The number of rotatable bonds is 8. The number of halogens is 7. The highest BCUT2D eigenvalue weighted by molar-refractivity contribution is 7.93. The molecule has 0 atom stereocenters. The number of thiophene rings is 1. The monoisotopic (exact) mass is 860 g/mol. The van der Waals surface area contributed by atoms with Gasteiger partial charge in [0.25, 0.3) is 20.0 Å². The quantitative estimate of drug-likeness (QED) is 0.128. The second-order valence-corrected chi connectivity index (χ2v) is 18.1. The molecule has 0 radical (unpaired) electrons. The molecule has 3 aromatic carbocycles. The van der Waals surface area contributed by atoms with Gasteiger partial charge in [0.05, 0.1) is 28.4 Å². The van der Waals surface area contributed by atoms with Crippen LogP contribution in [0.1, 0.15) is 0 Å². The van der Waals surface area contributed by atoms with Crippen LogP contribution in [0.3, 0.4) is 0 Å². The predicted octanol–water partition coefficient (Wildman–Crippen LogP) is 8.51. The fourth-order valence-corrected chi connectivity index (χ4v) is 10.5. The molecule has 6 aromatic rings. The van der Waals surface area contributed by atoms with Crippen molar-refractivity contribution in [1.29, 1.82) is 0 Å². The molecule has 0 bridgehead atoms. The molecule has 0 saturated carbocycles. The minimum atomic E-state index is -4.39. The molecular formula is C29H19Cl4F3N4O7S4. The number of H-pyrrole nitrogens is 1. The highest BCUT2D eigenvalue weighted by atomic mass is 35.5. The van der Waals surface area contributed by atoms with Crippen LogP contribution in [0, 0.1) is 17.5 Å². The molecule has 3 aromatic heterocycles. The molecule has 0 fully saturated rings. The molecule has 11 nitrogen and oxygen atoms in total. The summed E-state index contributed by atoms with van der Waals surface area (Å²) < 4.78 is 125. The smallest absolute Gasteiger partial charge is 0.264 e. The van der Waals surface area contributed by atoms with Crippen molar-refractivity contribution in [3.05, 3.63) is 97.7 Å². The minimum Gasteiger partial charge on any atom is -0.480 e. The van der Waals surface area contributed by atoms with Crippen LogP contribution in [0.25, 0.3) is 21.0 Å². The van der Waals surface area contributed by atoms with Gasteiger partial charge in [0.2, 0.25) is 5.88 Å². The summed E-state index contributed by atoms with van der Waals surface area (Å²) in [6.45, 7) is 0.